The highest BCUT2D eigenvalue weighted by Gasteiger charge is 2.35. The number of para-hydroxylation sites is 6. The quantitative estimate of drug-likeness (QED) is 0.286. The molecule has 4 aromatic rings. The van der Waals surface area contributed by atoms with Gasteiger partial charge in [-0.15, -0.1) is 0 Å². The Hall–Kier alpha value is -5.31. The normalized spacial score (nSPS) is 14.4. The summed E-state index contributed by atoms with van der Waals surface area (Å²) in [4.78, 5) is 48.2. The number of methoxy groups -OCH3 is 2. The minimum atomic E-state index is -0.253. The Morgan fingerprint density at radius 3 is 1.79 bits per heavy atom. The van der Waals surface area contributed by atoms with Crippen LogP contribution in [0.5, 0.6) is 11.5 Å². The molecule has 9 nitrogen and oxygen atoms in total. The smallest absolute Gasteiger partial charge is 0.329 e. The van der Waals surface area contributed by atoms with Crippen molar-refractivity contribution < 1.29 is 23.9 Å². The summed E-state index contributed by atoms with van der Waals surface area (Å²) in [5, 5.41) is 0. The van der Waals surface area contributed by atoms with E-state index in [2.05, 4.69) is 0 Å². The molecular formula is C34H32N4O5. The zero-order valence-electron chi connectivity index (χ0n) is 24.1. The number of ketones is 1. The van der Waals surface area contributed by atoms with E-state index in [9.17, 15) is 14.4 Å². The van der Waals surface area contributed by atoms with Crippen LogP contribution in [0.2, 0.25) is 0 Å². The maximum Gasteiger partial charge on any atom is 0.329 e. The van der Waals surface area contributed by atoms with Gasteiger partial charge in [-0.05, 0) is 48.0 Å². The highest BCUT2D eigenvalue weighted by molar-refractivity contribution is 6.12. The zero-order chi connectivity index (χ0) is 29.9. The van der Waals surface area contributed by atoms with Crippen LogP contribution in [0.1, 0.15) is 15.9 Å². The molecule has 0 saturated carbocycles. The maximum absolute atomic E-state index is 14.2. The summed E-state index contributed by atoms with van der Waals surface area (Å²) in [6.45, 7) is 1.29. The first-order chi connectivity index (χ1) is 21.0. The summed E-state index contributed by atoms with van der Waals surface area (Å²) in [6, 6.07) is 29.0. The molecule has 0 bridgehead atoms. The standard InChI is InChI=1S/C34H32N4O5/c1-42-31-17-9-7-15-28(31)38(29-16-8-10-18-32(29)43-2)34(41)36-21-19-35(20-22-36)33(40)37-26-13-5-3-11-24(26)23-30(39)25-12-4-6-14-27(25)37/h3-18H,19-23H2,1-2H3. The predicted octanol–water partition coefficient (Wildman–Crippen LogP) is 6.28. The molecule has 43 heavy (non-hydrogen) atoms. The highest BCUT2D eigenvalue weighted by Crippen LogP contribution is 2.40. The van der Waals surface area contributed by atoms with Crippen molar-refractivity contribution in [1.29, 1.82) is 0 Å². The van der Waals surface area contributed by atoms with E-state index in [0.29, 0.717) is 66.0 Å². The van der Waals surface area contributed by atoms with Crippen LogP contribution in [0.3, 0.4) is 0 Å². The molecule has 0 unspecified atom stereocenters. The Kier molecular flexibility index (Phi) is 7.70. The van der Waals surface area contributed by atoms with Gasteiger partial charge in [0.1, 0.15) is 11.5 Å². The lowest BCUT2D eigenvalue weighted by Crippen LogP contribution is -2.55. The van der Waals surface area contributed by atoms with Gasteiger partial charge in [0.05, 0.1) is 37.0 Å². The predicted molar refractivity (Wildman–Crippen MR) is 165 cm³/mol. The maximum atomic E-state index is 14.2. The van der Waals surface area contributed by atoms with Crippen molar-refractivity contribution in [3.63, 3.8) is 0 Å². The number of hydrogen-bond donors (Lipinski definition) is 0. The largest absolute Gasteiger partial charge is 0.495 e. The van der Waals surface area contributed by atoms with Gasteiger partial charge in [0.2, 0.25) is 0 Å². The van der Waals surface area contributed by atoms with Gasteiger partial charge in [-0.1, -0.05) is 54.6 Å². The van der Waals surface area contributed by atoms with Gasteiger partial charge in [-0.2, -0.15) is 0 Å². The fraction of sp³-hybridized carbons (Fsp3) is 0.206. The van der Waals surface area contributed by atoms with E-state index in [-0.39, 0.29) is 24.3 Å². The van der Waals surface area contributed by atoms with Crippen molar-refractivity contribution in [3.8, 4) is 11.5 Å². The Balaban J connectivity index is 1.28. The Labute approximate surface area is 250 Å². The molecule has 0 aliphatic carbocycles. The van der Waals surface area contributed by atoms with E-state index >= 15 is 0 Å². The lowest BCUT2D eigenvalue weighted by molar-refractivity contribution is 0.0994. The summed E-state index contributed by atoms with van der Waals surface area (Å²) in [5.74, 6) is 1.06. The number of ether oxygens (including phenoxy) is 2. The van der Waals surface area contributed by atoms with Crippen molar-refractivity contribution in [2.45, 2.75) is 6.42 Å². The molecule has 0 radical (unpaired) electrons. The van der Waals surface area contributed by atoms with E-state index < -0.39 is 0 Å². The van der Waals surface area contributed by atoms with Crippen LogP contribution in [0.4, 0.5) is 32.3 Å². The first-order valence-electron chi connectivity index (χ1n) is 14.2. The van der Waals surface area contributed by atoms with Crippen LogP contribution in [-0.4, -0.2) is 68.0 Å². The Bertz CT molecular complexity index is 1630. The van der Waals surface area contributed by atoms with Gasteiger partial charge in [-0.25, -0.2) is 9.59 Å². The minimum absolute atomic E-state index is 0.0264. The number of urea groups is 2. The molecule has 0 aromatic heterocycles. The van der Waals surface area contributed by atoms with E-state index in [1.54, 1.807) is 39.9 Å². The molecule has 6 rings (SSSR count). The fourth-order valence-corrected chi connectivity index (χ4v) is 5.72. The van der Waals surface area contributed by atoms with Crippen LogP contribution in [0.25, 0.3) is 0 Å². The number of piperazine rings is 1. The lowest BCUT2D eigenvalue weighted by atomic mass is 10.0. The third kappa shape index (κ3) is 5.14. The third-order valence-corrected chi connectivity index (χ3v) is 7.88. The van der Waals surface area contributed by atoms with Gasteiger partial charge in [-0.3, -0.25) is 14.6 Å². The minimum Gasteiger partial charge on any atom is -0.495 e. The zero-order valence-corrected chi connectivity index (χ0v) is 24.1. The Morgan fingerprint density at radius 2 is 1.16 bits per heavy atom. The second-order valence-electron chi connectivity index (χ2n) is 10.3. The summed E-state index contributed by atoms with van der Waals surface area (Å²) >= 11 is 0. The van der Waals surface area contributed by atoms with Crippen LogP contribution < -0.4 is 19.3 Å². The third-order valence-electron chi connectivity index (χ3n) is 7.88. The van der Waals surface area contributed by atoms with Gasteiger partial charge < -0.3 is 19.3 Å². The summed E-state index contributed by atoms with van der Waals surface area (Å²) < 4.78 is 11.2. The molecule has 218 valence electrons. The van der Waals surface area contributed by atoms with Crippen molar-refractivity contribution in [2.75, 3.05) is 50.2 Å². The van der Waals surface area contributed by atoms with E-state index in [1.165, 1.54) is 0 Å². The average molecular weight is 577 g/mol. The molecule has 0 N–H and O–H groups in total. The molecule has 1 fully saturated rings. The number of anilines is 4. The SMILES string of the molecule is COc1ccccc1N(C(=O)N1CCN(C(=O)N2c3ccccc3CC(=O)c3ccccc32)CC1)c1ccccc1OC. The molecular weight excluding hydrogens is 544 g/mol. The molecule has 2 aliphatic heterocycles. The number of Topliss-reactive ketones (excluding diaryl/α,β-unsaturated/α-hetero) is 1. The van der Waals surface area contributed by atoms with Crippen LogP contribution in [-0.2, 0) is 6.42 Å². The molecule has 0 atom stereocenters. The molecule has 1 saturated heterocycles. The molecule has 2 aliphatic rings. The number of carbonyl (C=O) groups is 3. The summed E-state index contributed by atoms with van der Waals surface area (Å²) in [7, 11) is 3.14. The van der Waals surface area contributed by atoms with Crippen molar-refractivity contribution in [3.05, 3.63) is 108 Å². The van der Waals surface area contributed by atoms with Crippen molar-refractivity contribution >= 4 is 40.6 Å². The van der Waals surface area contributed by atoms with Crippen LogP contribution in [0.15, 0.2) is 97.1 Å². The van der Waals surface area contributed by atoms with Gasteiger partial charge in [0, 0.05) is 38.2 Å². The monoisotopic (exact) mass is 576 g/mol. The lowest BCUT2D eigenvalue weighted by Gasteiger charge is -2.39. The molecule has 2 heterocycles. The number of fused-ring (bicyclic) bond motifs is 2. The second-order valence-corrected chi connectivity index (χ2v) is 10.3. The summed E-state index contributed by atoms with van der Waals surface area (Å²) in [6.07, 6.45) is 0.223. The van der Waals surface area contributed by atoms with Gasteiger partial charge in [0.15, 0.2) is 5.78 Å². The van der Waals surface area contributed by atoms with Gasteiger partial charge in [0.25, 0.3) is 0 Å². The molecule has 9 heteroatoms. The summed E-state index contributed by atoms with van der Waals surface area (Å²) in [5.41, 5.74) is 3.75. The van der Waals surface area contributed by atoms with Crippen molar-refractivity contribution in [1.82, 2.24) is 9.80 Å². The number of benzene rings is 4. The van der Waals surface area contributed by atoms with Crippen molar-refractivity contribution in [2.24, 2.45) is 0 Å². The molecule has 4 amide bonds. The molecule has 0 spiro atoms. The average Bonchev–Trinajstić information content (AvgIpc) is 3.18. The van der Waals surface area contributed by atoms with Crippen LogP contribution in [0, 0.1) is 0 Å². The first-order valence-corrected chi connectivity index (χ1v) is 14.2. The fourth-order valence-electron chi connectivity index (χ4n) is 5.72. The van der Waals surface area contributed by atoms with E-state index in [1.807, 2.05) is 91.0 Å². The number of hydrogen-bond acceptors (Lipinski definition) is 5. The van der Waals surface area contributed by atoms with E-state index in [0.717, 1.165) is 5.56 Å². The highest BCUT2D eigenvalue weighted by atomic mass is 16.5. The number of nitrogens with zero attached hydrogens (tertiary/aromatic N) is 4. The first kappa shape index (κ1) is 27.8. The van der Waals surface area contributed by atoms with E-state index in [4.69, 9.17) is 9.47 Å². The second kappa shape index (κ2) is 11.9. The molecule has 4 aromatic carbocycles. The topological polar surface area (TPSA) is 82.6 Å². The number of carbonyl (C=O) groups excluding carboxylic acids is 3. The number of rotatable bonds is 4. The number of amides is 4. The van der Waals surface area contributed by atoms with Gasteiger partial charge >= 0.3 is 12.1 Å². The Morgan fingerprint density at radius 1 is 0.651 bits per heavy atom. The van der Waals surface area contributed by atoms with Crippen LogP contribution >= 0.6 is 0 Å².